The highest BCUT2D eigenvalue weighted by atomic mass is 35.5. The number of nitrogens with zero attached hydrogens (tertiary/aromatic N) is 3. The predicted octanol–water partition coefficient (Wildman–Crippen LogP) is 4.50. The van der Waals surface area contributed by atoms with Gasteiger partial charge in [-0.1, -0.05) is 18.2 Å². The lowest BCUT2D eigenvalue weighted by molar-refractivity contribution is -0.118. The van der Waals surface area contributed by atoms with Crippen LogP contribution < -0.4 is 16.0 Å². The highest BCUT2D eigenvalue weighted by Crippen LogP contribution is 2.31. The average molecular weight is 439 g/mol. The second-order valence-electron chi connectivity index (χ2n) is 7.81. The van der Waals surface area contributed by atoms with Gasteiger partial charge >= 0.3 is 0 Å². The summed E-state index contributed by atoms with van der Waals surface area (Å²) in [7, 11) is 0. The Morgan fingerprint density at radius 1 is 1.35 bits per heavy atom. The molecule has 1 aliphatic carbocycles. The van der Waals surface area contributed by atoms with Crippen LogP contribution in [0.3, 0.4) is 0 Å². The van der Waals surface area contributed by atoms with E-state index in [2.05, 4.69) is 27.6 Å². The van der Waals surface area contributed by atoms with Crippen LogP contribution in [0, 0.1) is 11.7 Å². The minimum absolute atomic E-state index is 0.0323. The van der Waals surface area contributed by atoms with E-state index in [1.165, 1.54) is 25.0 Å². The number of rotatable bonds is 6. The molecule has 5 rings (SSSR count). The fourth-order valence-corrected chi connectivity index (χ4v) is 3.64. The zero-order valence-electron chi connectivity index (χ0n) is 16.6. The van der Waals surface area contributed by atoms with Crippen LogP contribution in [-0.2, 0) is 4.79 Å². The van der Waals surface area contributed by atoms with Crippen LogP contribution in [0.1, 0.15) is 24.8 Å². The smallest absolute Gasteiger partial charge is 0.228 e. The maximum atomic E-state index is 13.5. The van der Waals surface area contributed by atoms with Crippen LogP contribution >= 0.6 is 11.6 Å². The number of halogens is 2. The number of hydrogen-bond acceptors (Lipinski definition) is 5. The number of nitrogens with one attached hydrogen (secondary N) is 3. The van der Waals surface area contributed by atoms with E-state index in [-0.39, 0.29) is 17.4 Å². The molecule has 3 heterocycles. The summed E-state index contributed by atoms with van der Waals surface area (Å²) in [4.78, 5) is 16.4. The fraction of sp³-hybridized carbons (Fsp3) is 0.227. The predicted molar refractivity (Wildman–Crippen MR) is 119 cm³/mol. The Hall–Kier alpha value is -3.39. The number of carbonyl (C=O) groups excluding carboxylic acids is 1. The van der Waals surface area contributed by atoms with E-state index >= 15 is 0 Å². The third-order valence-corrected chi connectivity index (χ3v) is 5.61. The molecule has 7 nitrogen and oxygen atoms in total. The van der Waals surface area contributed by atoms with Crippen LogP contribution in [0.5, 0.6) is 0 Å². The Morgan fingerprint density at radius 3 is 2.90 bits per heavy atom. The van der Waals surface area contributed by atoms with Crippen LogP contribution in [0.25, 0.3) is 11.7 Å². The van der Waals surface area contributed by atoms with E-state index in [9.17, 15) is 9.18 Å². The molecule has 9 heteroatoms. The van der Waals surface area contributed by atoms with Gasteiger partial charge in [-0.3, -0.25) is 4.79 Å². The van der Waals surface area contributed by atoms with Gasteiger partial charge in [0.1, 0.15) is 17.5 Å². The lowest BCUT2D eigenvalue weighted by Crippen LogP contribution is -2.10. The molecule has 3 N–H and O–H groups in total. The third-order valence-electron chi connectivity index (χ3n) is 5.32. The molecule has 2 aliphatic rings. The largest absolute Gasteiger partial charge is 0.370 e. The fourth-order valence-electron chi connectivity index (χ4n) is 3.46. The van der Waals surface area contributed by atoms with E-state index in [4.69, 9.17) is 16.6 Å². The summed E-state index contributed by atoms with van der Waals surface area (Å²) in [5.74, 6) is 1.46. The van der Waals surface area contributed by atoms with Crippen LogP contribution in [-0.4, -0.2) is 27.0 Å². The third kappa shape index (κ3) is 4.11. The monoisotopic (exact) mass is 438 g/mol. The molecule has 2 aromatic heterocycles. The molecule has 2 fully saturated rings. The molecule has 1 saturated heterocycles. The molecule has 1 aromatic carbocycles. The molecule has 1 aliphatic heterocycles. The summed E-state index contributed by atoms with van der Waals surface area (Å²) in [6, 6.07) is 6.28. The topological polar surface area (TPSA) is 83.4 Å². The molecule has 31 heavy (non-hydrogen) atoms. The molecular weight excluding hydrogens is 419 g/mol. The number of aromatic nitrogens is 3. The van der Waals surface area contributed by atoms with Crippen molar-refractivity contribution in [2.75, 3.05) is 17.2 Å². The number of amides is 1. The quantitative estimate of drug-likeness (QED) is 0.527. The summed E-state index contributed by atoms with van der Waals surface area (Å²) < 4.78 is 15.3. The Kier molecular flexibility index (Phi) is 4.86. The SMILES string of the molecule is C=C1NC(=O)C/C1=C\c1cnn2c(NCC3CC3)cc(Nc3ccc(F)c(Cl)c3)nc12. The van der Waals surface area contributed by atoms with Gasteiger partial charge in [0.2, 0.25) is 5.91 Å². The minimum atomic E-state index is -0.480. The highest BCUT2D eigenvalue weighted by Gasteiger charge is 2.22. The molecule has 0 bridgehead atoms. The van der Waals surface area contributed by atoms with Gasteiger partial charge in [0, 0.05) is 29.6 Å². The lowest BCUT2D eigenvalue weighted by atomic mass is 10.1. The van der Waals surface area contributed by atoms with Crippen LogP contribution in [0.15, 0.2) is 48.3 Å². The molecule has 3 aromatic rings. The summed E-state index contributed by atoms with van der Waals surface area (Å²) in [5.41, 5.74) is 3.40. The maximum absolute atomic E-state index is 13.5. The van der Waals surface area contributed by atoms with Crippen molar-refractivity contribution in [3.8, 4) is 0 Å². The van der Waals surface area contributed by atoms with Crippen LogP contribution in [0.4, 0.5) is 21.7 Å². The Labute approximate surface area is 183 Å². The average Bonchev–Trinajstić information content (AvgIpc) is 3.40. The maximum Gasteiger partial charge on any atom is 0.228 e. The molecular formula is C22H20ClFN6O. The minimum Gasteiger partial charge on any atom is -0.370 e. The van der Waals surface area contributed by atoms with Gasteiger partial charge in [0.25, 0.3) is 0 Å². The van der Waals surface area contributed by atoms with Gasteiger partial charge in [-0.25, -0.2) is 9.37 Å². The van der Waals surface area contributed by atoms with Gasteiger partial charge in [0.05, 0.1) is 17.6 Å². The molecule has 1 amide bonds. The molecule has 0 spiro atoms. The van der Waals surface area contributed by atoms with Gasteiger partial charge in [0.15, 0.2) is 5.65 Å². The number of allylic oxidation sites excluding steroid dienone is 1. The summed E-state index contributed by atoms with van der Waals surface area (Å²) >= 11 is 5.91. The Bertz CT molecular complexity index is 1250. The normalized spacial score (nSPS) is 17.4. The number of anilines is 3. The number of benzene rings is 1. The van der Waals surface area contributed by atoms with Crippen molar-refractivity contribution in [2.45, 2.75) is 19.3 Å². The first-order valence-electron chi connectivity index (χ1n) is 10.0. The molecule has 0 atom stereocenters. The second-order valence-corrected chi connectivity index (χ2v) is 8.22. The first-order valence-corrected chi connectivity index (χ1v) is 10.4. The van der Waals surface area contributed by atoms with Crippen molar-refractivity contribution >= 4 is 46.6 Å². The van der Waals surface area contributed by atoms with E-state index in [1.807, 2.05) is 12.1 Å². The summed E-state index contributed by atoms with van der Waals surface area (Å²) in [6.45, 7) is 4.75. The zero-order chi connectivity index (χ0) is 21.5. The first kappa shape index (κ1) is 19.6. The van der Waals surface area contributed by atoms with Crippen LogP contribution in [0.2, 0.25) is 5.02 Å². The van der Waals surface area contributed by atoms with Crippen molar-refractivity contribution in [1.82, 2.24) is 19.9 Å². The molecule has 0 unspecified atom stereocenters. The van der Waals surface area contributed by atoms with Gasteiger partial charge in [-0.2, -0.15) is 9.61 Å². The number of carbonyl (C=O) groups is 1. The van der Waals surface area contributed by atoms with E-state index in [0.717, 1.165) is 23.5 Å². The van der Waals surface area contributed by atoms with Gasteiger partial charge < -0.3 is 16.0 Å². The van der Waals surface area contributed by atoms with Gasteiger partial charge in [-0.15, -0.1) is 0 Å². The molecule has 158 valence electrons. The van der Waals surface area contributed by atoms with Crippen molar-refractivity contribution in [3.63, 3.8) is 0 Å². The highest BCUT2D eigenvalue weighted by molar-refractivity contribution is 6.31. The van der Waals surface area contributed by atoms with E-state index < -0.39 is 5.82 Å². The standard InChI is InChI=1S/C22H20ClFN6O/c1-12-14(7-21(31)27-12)6-15-11-26-30-20(25-10-13-2-3-13)9-19(29-22(15)30)28-16-4-5-18(24)17(23)8-16/h4-6,8-9,11,13,25H,1-3,7,10H2,(H,27,31)(H,28,29)/b14-6+. The Balaban J connectivity index is 1.54. The van der Waals surface area contributed by atoms with E-state index in [0.29, 0.717) is 28.8 Å². The van der Waals surface area contributed by atoms with E-state index in [1.54, 1.807) is 16.8 Å². The van der Waals surface area contributed by atoms with Gasteiger partial charge in [-0.05, 0) is 48.6 Å². The first-order chi connectivity index (χ1) is 15.0. The van der Waals surface area contributed by atoms with Crippen molar-refractivity contribution < 1.29 is 9.18 Å². The zero-order valence-corrected chi connectivity index (χ0v) is 17.3. The molecule has 1 saturated carbocycles. The Morgan fingerprint density at radius 2 is 2.19 bits per heavy atom. The van der Waals surface area contributed by atoms with Crippen molar-refractivity contribution in [1.29, 1.82) is 0 Å². The lowest BCUT2D eigenvalue weighted by Gasteiger charge is -2.12. The van der Waals surface area contributed by atoms with Crippen molar-refractivity contribution in [2.24, 2.45) is 5.92 Å². The number of hydrogen-bond donors (Lipinski definition) is 3. The van der Waals surface area contributed by atoms with Crippen molar-refractivity contribution in [3.05, 3.63) is 64.7 Å². The molecule has 0 radical (unpaired) electrons. The summed E-state index contributed by atoms with van der Waals surface area (Å²) in [5, 5.41) is 13.9. The summed E-state index contributed by atoms with van der Waals surface area (Å²) in [6.07, 6.45) is 6.31. The second kappa shape index (κ2) is 7.70. The number of fused-ring (bicyclic) bond motifs is 1.